The van der Waals surface area contributed by atoms with Crippen LogP contribution < -0.4 is 5.32 Å². The van der Waals surface area contributed by atoms with Gasteiger partial charge in [0.1, 0.15) is 0 Å². The lowest BCUT2D eigenvalue weighted by molar-refractivity contribution is 0.447. The standard InChI is InChI=1S/C8H14N4/c1-2-8(9-4-1)3-7-12-10-5-6-11-12/h5-6,8-9H,1-4,7H2. The fourth-order valence-electron chi connectivity index (χ4n) is 1.63. The minimum atomic E-state index is 0.691. The Kier molecular flexibility index (Phi) is 2.36. The van der Waals surface area contributed by atoms with Gasteiger partial charge in [0.25, 0.3) is 0 Å². The van der Waals surface area contributed by atoms with Crippen molar-refractivity contribution >= 4 is 0 Å². The van der Waals surface area contributed by atoms with Gasteiger partial charge in [-0.15, -0.1) is 0 Å². The second-order valence-electron chi connectivity index (χ2n) is 3.21. The Hall–Kier alpha value is -0.900. The fourth-order valence-corrected chi connectivity index (χ4v) is 1.63. The van der Waals surface area contributed by atoms with Gasteiger partial charge in [-0.25, -0.2) is 0 Å². The Bertz CT molecular complexity index is 213. The van der Waals surface area contributed by atoms with E-state index >= 15 is 0 Å². The third-order valence-corrected chi connectivity index (χ3v) is 2.31. The molecule has 0 amide bonds. The van der Waals surface area contributed by atoms with Crippen LogP contribution in [-0.4, -0.2) is 27.6 Å². The summed E-state index contributed by atoms with van der Waals surface area (Å²) in [7, 11) is 0. The lowest BCUT2D eigenvalue weighted by Crippen LogP contribution is -2.23. The molecule has 0 saturated carbocycles. The van der Waals surface area contributed by atoms with Gasteiger partial charge < -0.3 is 5.32 Å². The predicted octanol–water partition coefficient (Wildman–Crippen LogP) is 0.420. The van der Waals surface area contributed by atoms with Crippen LogP contribution >= 0.6 is 0 Å². The summed E-state index contributed by atoms with van der Waals surface area (Å²) in [5.74, 6) is 0. The van der Waals surface area contributed by atoms with Gasteiger partial charge in [-0.3, -0.25) is 0 Å². The second-order valence-corrected chi connectivity index (χ2v) is 3.21. The fraction of sp³-hybridized carbons (Fsp3) is 0.750. The molecule has 1 aliphatic rings. The summed E-state index contributed by atoms with van der Waals surface area (Å²) in [4.78, 5) is 1.75. The van der Waals surface area contributed by atoms with E-state index < -0.39 is 0 Å². The van der Waals surface area contributed by atoms with Crippen LogP contribution in [0.2, 0.25) is 0 Å². The van der Waals surface area contributed by atoms with Gasteiger partial charge in [-0.1, -0.05) is 0 Å². The van der Waals surface area contributed by atoms with Crippen molar-refractivity contribution in [3.63, 3.8) is 0 Å². The SMILES string of the molecule is c1cnn(CCC2CCCN2)n1. The number of hydrogen-bond donors (Lipinski definition) is 1. The van der Waals surface area contributed by atoms with E-state index in [4.69, 9.17) is 0 Å². The summed E-state index contributed by atoms with van der Waals surface area (Å²) < 4.78 is 0. The molecule has 1 saturated heterocycles. The maximum atomic E-state index is 4.05. The number of aromatic nitrogens is 3. The molecule has 1 N–H and O–H groups in total. The van der Waals surface area contributed by atoms with E-state index in [0.717, 1.165) is 13.0 Å². The summed E-state index contributed by atoms with van der Waals surface area (Å²) in [6.45, 7) is 2.11. The molecule has 0 aromatic carbocycles. The van der Waals surface area contributed by atoms with Crippen LogP contribution in [0.4, 0.5) is 0 Å². The summed E-state index contributed by atoms with van der Waals surface area (Å²) in [5.41, 5.74) is 0. The highest BCUT2D eigenvalue weighted by Crippen LogP contribution is 2.08. The largest absolute Gasteiger partial charge is 0.314 e. The van der Waals surface area contributed by atoms with Gasteiger partial charge in [0, 0.05) is 6.04 Å². The van der Waals surface area contributed by atoms with E-state index in [1.54, 1.807) is 17.2 Å². The molecule has 66 valence electrons. The molecular formula is C8H14N4. The van der Waals surface area contributed by atoms with Crippen molar-refractivity contribution < 1.29 is 0 Å². The van der Waals surface area contributed by atoms with Crippen molar-refractivity contribution in [3.8, 4) is 0 Å². The first-order valence-corrected chi connectivity index (χ1v) is 4.52. The van der Waals surface area contributed by atoms with E-state index in [0.29, 0.717) is 6.04 Å². The number of nitrogens with zero attached hydrogens (tertiary/aromatic N) is 3. The Morgan fingerprint density at radius 1 is 1.42 bits per heavy atom. The first kappa shape index (κ1) is 7.73. The maximum Gasteiger partial charge on any atom is 0.0693 e. The van der Waals surface area contributed by atoms with E-state index in [1.807, 2.05) is 0 Å². The Morgan fingerprint density at radius 2 is 2.25 bits per heavy atom. The van der Waals surface area contributed by atoms with Crippen molar-refractivity contribution in [1.29, 1.82) is 0 Å². The quantitative estimate of drug-likeness (QED) is 0.707. The zero-order valence-electron chi connectivity index (χ0n) is 7.11. The molecule has 2 rings (SSSR count). The molecule has 1 unspecified atom stereocenters. The summed E-state index contributed by atoms with van der Waals surface area (Å²) in [5, 5.41) is 11.6. The lowest BCUT2D eigenvalue weighted by atomic mass is 10.2. The van der Waals surface area contributed by atoms with Crippen molar-refractivity contribution in [2.75, 3.05) is 6.54 Å². The van der Waals surface area contributed by atoms with E-state index in [2.05, 4.69) is 15.5 Å². The highest BCUT2D eigenvalue weighted by molar-refractivity contribution is 4.73. The second kappa shape index (κ2) is 3.67. The van der Waals surface area contributed by atoms with Crippen LogP contribution in [0.1, 0.15) is 19.3 Å². The molecule has 4 nitrogen and oxygen atoms in total. The van der Waals surface area contributed by atoms with Gasteiger partial charge in [0.15, 0.2) is 0 Å². The molecule has 2 heterocycles. The van der Waals surface area contributed by atoms with Gasteiger partial charge in [0.05, 0.1) is 18.9 Å². The van der Waals surface area contributed by atoms with Gasteiger partial charge in [-0.05, 0) is 25.8 Å². The van der Waals surface area contributed by atoms with Crippen molar-refractivity contribution in [2.24, 2.45) is 0 Å². The molecule has 4 heteroatoms. The monoisotopic (exact) mass is 166 g/mol. The van der Waals surface area contributed by atoms with Crippen molar-refractivity contribution in [3.05, 3.63) is 12.4 Å². The smallest absolute Gasteiger partial charge is 0.0693 e. The molecule has 0 spiro atoms. The number of hydrogen-bond acceptors (Lipinski definition) is 3. The van der Waals surface area contributed by atoms with Gasteiger partial charge in [-0.2, -0.15) is 15.0 Å². The predicted molar refractivity (Wildman–Crippen MR) is 45.7 cm³/mol. The van der Waals surface area contributed by atoms with Crippen LogP contribution in [0.3, 0.4) is 0 Å². The molecule has 1 aromatic rings. The summed E-state index contributed by atoms with van der Waals surface area (Å²) in [6.07, 6.45) is 7.22. The summed E-state index contributed by atoms with van der Waals surface area (Å²) in [6, 6.07) is 0.691. The molecular weight excluding hydrogens is 152 g/mol. The van der Waals surface area contributed by atoms with Crippen LogP contribution in [0, 0.1) is 0 Å². The number of rotatable bonds is 3. The Morgan fingerprint density at radius 3 is 2.92 bits per heavy atom. The van der Waals surface area contributed by atoms with E-state index in [9.17, 15) is 0 Å². The number of nitrogens with one attached hydrogen (secondary N) is 1. The average Bonchev–Trinajstić information content (AvgIpc) is 2.74. The zero-order chi connectivity index (χ0) is 8.23. The van der Waals surface area contributed by atoms with Crippen LogP contribution in [0.5, 0.6) is 0 Å². The van der Waals surface area contributed by atoms with Crippen LogP contribution in [-0.2, 0) is 6.54 Å². The third kappa shape index (κ3) is 1.82. The summed E-state index contributed by atoms with van der Waals surface area (Å²) >= 11 is 0. The maximum absolute atomic E-state index is 4.05. The molecule has 0 bridgehead atoms. The van der Waals surface area contributed by atoms with E-state index in [1.165, 1.54) is 19.4 Å². The molecule has 1 atom stereocenters. The zero-order valence-corrected chi connectivity index (χ0v) is 7.11. The minimum Gasteiger partial charge on any atom is -0.314 e. The molecule has 1 aromatic heterocycles. The molecule has 0 aliphatic carbocycles. The van der Waals surface area contributed by atoms with E-state index in [-0.39, 0.29) is 0 Å². The van der Waals surface area contributed by atoms with Crippen molar-refractivity contribution in [2.45, 2.75) is 31.8 Å². The van der Waals surface area contributed by atoms with Gasteiger partial charge in [0.2, 0.25) is 0 Å². The third-order valence-electron chi connectivity index (χ3n) is 2.31. The Labute approximate surface area is 72.0 Å². The first-order chi connectivity index (χ1) is 5.95. The first-order valence-electron chi connectivity index (χ1n) is 4.52. The molecule has 0 radical (unpaired) electrons. The topological polar surface area (TPSA) is 42.7 Å². The number of aryl methyl sites for hydroxylation is 1. The Balaban J connectivity index is 1.74. The minimum absolute atomic E-state index is 0.691. The molecule has 1 aliphatic heterocycles. The van der Waals surface area contributed by atoms with Crippen molar-refractivity contribution in [1.82, 2.24) is 20.3 Å². The van der Waals surface area contributed by atoms with Crippen LogP contribution in [0.25, 0.3) is 0 Å². The average molecular weight is 166 g/mol. The lowest BCUT2D eigenvalue weighted by Gasteiger charge is -2.08. The normalized spacial score (nSPS) is 23.2. The molecule has 1 fully saturated rings. The highest BCUT2D eigenvalue weighted by atomic mass is 15.5. The van der Waals surface area contributed by atoms with Gasteiger partial charge >= 0.3 is 0 Å². The molecule has 12 heavy (non-hydrogen) atoms. The van der Waals surface area contributed by atoms with Crippen LogP contribution in [0.15, 0.2) is 12.4 Å². The highest BCUT2D eigenvalue weighted by Gasteiger charge is 2.13.